The maximum absolute atomic E-state index is 12.9. The van der Waals surface area contributed by atoms with E-state index in [-0.39, 0.29) is 11.9 Å². The number of benzene rings is 1. The largest absolute Gasteiger partial charge is 0.324 e. The van der Waals surface area contributed by atoms with Gasteiger partial charge in [-0.3, -0.25) is 4.68 Å². The van der Waals surface area contributed by atoms with Crippen LogP contribution in [-0.4, -0.2) is 9.78 Å². The van der Waals surface area contributed by atoms with Crippen LogP contribution in [0.2, 0.25) is 5.02 Å². The molecule has 5 heteroatoms. The minimum Gasteiger partial charge on any atom is -0.324 e. The van der Waals surface area contributed by atoms with E-state index >= 15 is 0 Å². The quantitative estimate of drug-likeness (QED) is 0.929. The van der Waals surface area contributed by atoms with Crippen molar-refractivity contribution in [3.05, 3.63) is 52.1 Å². The second kappa shape index (κ2) is 5.08. The summed E-state index contributed by atoms with van der Waals surface area (Å²) in [5.74, 6) is -0.338. The zero-order valence-electron chi connectivity index (χ0n) is 10.3. The van der Waals surface area contributed by atoms with Crippen molar-refractivity contribution in [1.29, 1.82) is 0 Å². The van der Waals surface area contributed by atoms with Crippen molar-refractivity contribution in [3.8, 4) is 0 Å². The van der Waals surface area contributed by atoms with E-state index in [4.69, 9.17) is 17.3 Å². The molecular weight excluding hydrogens is 253 g/mol. The summed E-state index contributed by atoms with van der Waals surface area (Å²) in [5.41, 5.74) is 8.87. The first-order valence-electron chi connectivity index (χ1n) is 5.67. The summed E-state index contributed by atoms with van der Waals surface area (Å²) in [5, 5.41) is 4.66. The minimum absolute atomic E-state index is 0.193. The summed E-state index contributed by atoms with van der Waals surface area (Å²) in [6.07, 6.45) is 2.46. The molecule has 0 aliphatic carbocycles. The van der Waals surface area contributed by atoms with Crippen LogP contribution < -0.4 is 5.73 Å². The van der Waals surface area contributed by atoms with Crippen LogP contribution in [0.3, 0.4) is 0 Å². The van der Waals surface area contributed by atoms with Crippen LogP contribution in [0.15, 0.2) is 24.4 Å². The molecule has 1 aromatic heterocycles. The Morgan fingerprint density at radius 2 is 2.22 bits per heavy atom. The molecule has 96 valence electrons. The van der Waals surface area contributed by atoms with Gasteiger partial charge in [-0.25, -0.2) is 4.39 Å². The van der Waals surface area contributed by atoms with Gasteiger partial charge in [-0.05, 0) is 31.0 Å². The van der Waals surface area contributed by atoms with Gasteiger partial charge in [-0.15, -0.1) is 0 Å². The summed E-state index contributed by atoms with van der Waals surface area (Å²) in [4.78, 5) is 0. The molecule has 0 aliphatic rings. The number of nitrogens with two attached hydrogens (primary N) is 1. The summed E-state index contributed by atoms with van der Waals surface area (Å²) in [6, 6.07) is 4.18. The Morgan fingerprint density at radius 1 is 1.50 bits per heavy atom. The molecule has 2 N–H and O–H groups in total. The first-order chi connectivity index (χ1) is 8.47. The topological polar surface area (TPSA) is 43.8 Å². The number of nitrogens with zero attached hydrogens (tertiary/aromatic N) is 2. The van der Waals surface area contributed by atoms with Crippen molar-refractivity contribution in [1.82, 2.24) is 9.78 Å². The van der Waals surface area contributed by atoms with Crippen LogP contribution in [0.1, 0.15) is 22.9 Å². The van der Waals surface area contributed by atoms with E-state index in [9.17, 15) is 4.39 Å². The van der Waals surface area contributed by atoms with Gasteiger partial charge in [-0.2, -0.15) is 5.10 Å². The van der Waals surface area contributed by atoms with E-state index in [1.807, 2.05) is 20.2 Å². The number of hydrogen-bond donors (Lipinski definition) is 1. The number of halogens is 2. The highest BCUT2D eigenvalue weighted by molar-refractivity contribution is 6.31. The second-order valence-electron chi connectivity index (χ2n) is 4.39. The SMILES string of the molecule is Cc1nn(C)cc1C(N)Cc1ccc(F)cc1Cl. The smallest absolute Gasteiger partial charge is 0.124 e. The molecule has 18 heavy (non-hydrogen) atoms. The molecule has 1 atom stereocenters. The Hall–Kier alpha value is -1.39. The fraction of sp³-hybridized carbons (Fsp3) is 0.308. The first kappa shape index (κ1) is 13.1. The Morgan fingerprint density at radius 3 is 2.78 bits per heavy atom. The van der Waals surface area contributed by atoms with Crippen LogP contribution in [0, 0.1) is 12.7 Å². The number of aromatic nitrogens is 2. The van der Waals surface area contributed by atoms with Gasteiger partial charge < -0.3 is 5.73 Å². The molecule has 0 spiro atoms. The molecule has 2 rings (SSSR count). The molecule has 1 unspecified atom stereocenters. The summed E-state index contributed by atoms with van der Waals surface area (Å²) >= 11 is 5.99. The normalized spacial score (nSPS) is 12.7. The molecule has 0 saturated carbocycles. The Labute approximate surface area is 110 Å². The second-order valence-corrected chi connectivity index (χ2v) is 4.80. The van der Waals surface area contributed by atoms with Gasteiger partial charge in [0.05, 0.1) is 5.69 Å². The molecule has 1 aromatic carbocycles. The highest BCUT2D eigenvalue weighted by atomic mass is 35.5. The minimum atomic E-state index is -0.338. The lowest BCUT2D eigenvalue weighted by atomic mass is 10.0. The third-order valence-corrected chi connectivity index (χ3v) is 3.26. The van der Waals surface area contributed by atoms with Gasteiger partial charge >= 0.3 is 0 Å². The molecule has 0 aliphatic heterocycles. The van der Waals surface area contributed by atoms with Gasteiger partial charge in [0.15, 0.2) is 0 Å². The van der Waals surface area contributed by atoms with E-state index in [1.54, 1.807) is 10.7 Å². The monoisotopic (exact) mass is 267 g/mol. The zero-order chi connectivity index (χ0) is 13.3. The van der Waals surface area contributed by atoms with Gasteiger partial charge in [0.1, 0.15) is 5.82 Å². The highest BCUT2D eigenvalue weighted by Gasteiger charge is 2.14. The van der Waals surface area contributed by atoms with Crippen molar-refractivity contribution in [2.75, 3.05) is 0 Å². The number of aryl methyl sites for hydroxylation is 2. The van der Waals surface area contributed by atoms with E-state index in [0.29, 0.717) is 11.4 Å². The molecule has 1 heterocycles. The highest BCUT2D eigenvalue weighted by Crippen LogP contribution is 2.24. The Bertz CT molecular complexity index is 565. The molecule has 0 radical (unpaired) electrons. The van der Waals surface area contributed by atoms with Gasteiger partial charge in [0.25, 0.3) is 0 Å². The zero-order valence-corrected chi connectivity index (χ0v) is 11.1. The predicted molar refractivity (Wildman–Crippen MR) is 70.0 cm³/mol. The van der Waals surface area contributed by atoms with E-state index in [2.05, 4.69) is 5.10 Å². The summed E-state index contributed by atoms with van der Waals surface area (Å²) < 4.78 is 14.7. The van der Waals surface area contributed by atoms with Crippen molar-refractivity contribution >= 4 is 11.6 Å². The van der Waals surface area contributed by atoms with E-state index in [0.717, 1.165) is 16.8 Å². The van der Waals surface area contributed by atoms with Crippen molar-refractivity contribution < 1.29 is 4.39 Å². The first-order valence-corrected chi connectivity index (χ1v) is 6.05. The lowest BCUT2D eigenvalue weighted by Crippen LogP contribution is -2.14. The predicted octanol–water partition coefficient (Wildman–Crippen LogP) is 2.76. The van der Waals surface area contributed by atoms with Crippen LogP contribution >= 0.6 is 11.6 Å². The maximum atomic E-state index is 12.9. The van der Waals surface area contributed by atoms with Crippen LogP contribution in [0.5, 0.6) is 0 Å². The lowest BCUT2D eigenvalue weighted by molar-refractivity contribution is 0.625. The van der Waals surface area contributed by atoms with Crippen molar-refractivity contribution in [3.63, 3.8) is 0 Å². The van der Waals surface area contributed by atoms with Crippen molar-refractivity contribution in [2.45, 2.75) is 19.4 Å². The van der Waals surface area contributed by atoms with E-state index < -0.39 is 0 Å². The van der Waals surface area contributed by atoms with Gasteiger partial charge in [0, 0.05) is 29.9 Å². The van der Waals surface area contributed by atoms with Gasteiger partial charge in [-0.1, -0.05) is 17.7 Å². The summed E-state index contributed by atoms with van der Waals surface area (Å²) in [7, 11) is 1.86. The molecule has 0 saturated heterocycles. The molecule has 0 amide bonds. The lowest BCUT2D eigenvalue weighted by Gasteiger charge is -2.12. The van der Waals surface area contributed by atoms with Crippen LogP contribution in [-0.2, 0) is 13.5 Å². The third-order valence-electron chi connectivity index (χ3n) is 2.91. The molecule has 3 nitrogen and oxygen atoms in total. The molecule has 2 aromatic rings. The Kier molecular flexibility index (Phi) is 3.68. The van der Waals surface area contributed by atoms with Crippen LogP contribution in [0.25, 0.3) is 0 Å². The van der Waals surface area contributed by atoms with Crippen molar-refractivity contribution in [2.24, 2.45) is 12.8 Å². The third kappa shape index (κ3) is 2.71. The number of rotatable bonds is 3. The summed E-state index contributed by atoms with van der Waals surface area (Å²) in [6.45, 7) is 1.92. The standard InChI is InChI=1S/C13H15ClFN3/c1-8-11(7-18(2)17-8)13(16)5-9-3-4-10(15)6-12(9)14/h3-4,6-7,13H,5,16H2,1-2H3. The Balaban J connectivity index is 2.21. The van der Waals surface area contributed by atoms with Gasteiger partial charge in [0.2, 0.25) is 0 Å². The maximum Gasteiger partial charge on any atom is 0.124 e. The fourth-order valence-corrected chi connectivity index (χ4v) is 2.26. The molecule has 0 bridgehead atoms. The molecular formula is C13H15ClFN3. The fourth-order valence-electron chi connectivity index (χ4n) is 2.02. The van der Waals surface area contributed by atoms with E-state index in [1.165, 1.54) is 12.1 Å². The number of hydrogen-bond acceptors (Lipinski definition) is 2. The average molecular weight is 268 g/mol. The van der Waals surface area contributed by atoms with Crippen LogP contribution in [0.4, 0.5) is 4.39 Å². The average Bonchev–Trinajstić information content (AvgIpc) is 2.62. The molecule has 0 fully saturated rings.